The number of nitrogens with one attached hydrogen (secondary N) is 2. The van der Waals surface area contributed by atoms with Crippen LogP contribution in [-0.4, -0.2) is 58.0 Å². The standard InChI is InChI=1S/C20H26F3N7O2/c1-10-15-17(29(3)16(11(2)32-4)18(31)27-15)28-19(25-10)26-13-7-12(8-13)9-30-14(5-6-24-30)20(21,22)23/h5-6,11-13,16H,7-9H2,1-4H3,(H,27,31)(H,25,26,28)/t11-,12?,13?,16+/m1/s1. The number of alkyl halides is 3. The third-order valence-corrected chi connectivity index (χ3v) is 6.16. The minimum absolute atomic E-state index is 0.0551. The number of aromatic nitrogens is 4. The molecule has 0 aromatic carbocycles. The molecule has 2 atom stereocenters. The van der Waals surface area contributed by atoms with E-state index in [1.165, 1.54) is 6.20 Å². The van der Waals surface area contributed by atoms with Crippen LogP contribution < -0.4 is 15.5 Å². The zero-order valence-corrected chi connectivity index (χ0v) is 18.3. The van der Waals surface area contributed by atoms with Gasteiger partial charge in [0, 0.05) is 32.9 Å². The van der Waals surface area contributed by atoms with Crippen molar-refractivity contribution in [1.82, 2.24) is 19.7 Å². The van der Waals surface area contributed by atoms with Crippen LogP contribution >= 0.6 is 0 Å². The van der Waals surface area contributed by atoms with Crippen LogP contribution in [0.2, 0.25) is 0 Å². The normalized spacial score (nSPS) is 23.9. The number of likely N-dealkylation sites (N-methyl/N-ethyl adjacent to an activating group) is 1. The Balaban J connectivity index is 1.42. The van der Waals surface area contributed by atoms with Gasteiger partial charge in [-0.15, -0.1) is 0 Å². The van der Waals surface area contributed by atoms with E-state index in [4.69, 9.17) is 4.74 Å². The lowest BCUT2D eigenvalue weighted by Gasteiger charge is -2.38. The molecule has 12 heteroatoms. The number of fused-ring (bicyclic) bond motifs is 1. The predicted octanol–water partition coefficient (Wildman–Crippen LogP) is 2.68. The summed E-state index contributed by atoms with van der Waals surface area (Å²) in [5.41, 5.74) is 0.461. The van der Waals surface area contributed by atoms with E-state index >= 15 is 0 Å². The Morgan fingerprint density at radius 2 is 2.06 bits per heavy atom. The summed E-state index contributed by atoms with van der Waals surface area (Å²) in [6.07, 6.45) is -2.20. The smallest absolute Gasteiger partial charge is 0.379 e. The van der Waals surface area contributed by atoms with E-state index in [1.807, 2.05) is 6.92 Å². The molecule has 0 bridgehead atoms. The van der Waals surface area contributed by atoms with E-state index in [1.54, 1.807) is 26.0 Å². The molecular formula is C20H26F3N7O2. The van der Waals surface area contributed by atoms with Crippen molar-refractivity contribution in [1.29, 1.82) is 0 Å². The zero-order chi connectivity index (χ0) is 23.2. The highest BCUT2D eigenvalue weighted by Gasteiger charge is 2.39. The quantitative estimate of drug-likeness (QED) is 0.694. The van der Waals surface area contributed by atoms with Crippen LogP contribution in [0.1, 0.15) is 31.2 Å². The largest absolute Gasteiger partial charge is 0.433 e. The molecule has 2 N–H and O–H groups in total. The summed E-state index contributed by atoms with van der Waals surface area (Å²) in [6, 6.07) is 0.518. The molecule has 2 aromatic heterocycles. The third-order valence-electron chi connectivity index (χ3n) is 6.16. The fourth-order valence-electron chi connectivity index (χ4n) is 4.33. The predicted molar refractivity (Wildman–Crippen MR) is 111 cm³/mol. The molecular weight excluding hydrogens is 427 g/mol. The van der Waals surface area contributed by atoms with Crippen molar-refractivity contribution in [2.75, 3.05) is 29.7 Å². The van der Waals surface area contributed by atoms with Crippen LogP contribution in [0.15, 0.2) is 12.3 Å². The molecule has 3 heterocycles. The van der Waals surface area contributed by atoms with Crippen LogP contribution in [0, 0.1) is 12.8 Å². The van der Waals surface area contributed by atoms with Gasteiger partial charge in [-0.1, -0.05) is 0 Å². The Labute approximate surface area is 183 Å². The molecule has 9 nitrogen and oxygen atoms in total. The van der Waals surface area contributed by atoms with Crippen molar-refractivity contribution in [3.05, 3.63) is 23.7 Å². The first-order chi connectivity index (χ1) is 15.1. The fourth-order valence-corrected chi connectivity index (χ4v) is 4.33. The molecule has 4 rings (SSSR count). The van der Waals surface area contributed by atoms with Crippen LogP contribution in [0.4, 0.5) is 30.6 Å². The van der Waals surface area contributed by atoms with Gasteiger partial charge in [-0.3, -0.25) is 9.48 Å². The van der Waals surface area contributed by atoms with Gasteiger partial charge in [-0.05, 0) is 38.7 Å². The molecule has 0 unspecified atom stereocenters. The molecule has 0 radical (unpaired) electrons. The molecule has 1 aliphatic heterocycles. The second-order valence-corrected chi connectivity index (χ2v) is 8.39. The Morgan fingerprint density at radius 1 is 1.34 bits per heavy atom. The number of aryl methyl sites for hydroxylation is 1. The lowest BCUT2D eigenvalue weighted by Crippen LogP contribution is -2.53. The van der Waals surface area contributed by atoms with E-state index in [0.717, 1.165) is 10.7 Å². The Bertz CT molecular complexity index is 1000. The van der Waals surface area contributed by atoms with Crippen molar-refractivity contribution >= 4 is 23.4 Å². The van der Waals surface area contributed by atoms with Crippen molar-refractivity contribution in [3.8, 4) is 0 Å². The Kier molecular flexibility index (Phi) is 5.74. The maximum absolute atomic E-state index is 13.0. The first-order valence-electron chi connectivity index (χ1n) is 10.4. The van der Waals surface area contributed by atoms with Gasteiger partial charge in [0.15, 0.2) is 5.82 Å². The molecule has 1 saturated carbocycles. The summed E-state index contributed by atoms with van der Waals surface area (Å²) in [5, 5.41) is 9.95. The molecule has 32 heavy (non-hydrogen) atoms. The summed E-state index contributed by atoms with van der Waals surface area (Å²) < 4.78 is 45.4. The van der Waals surface area contributed by atoms with E-state index in [0.29, 0.717) is 36.0 Å². The van der Waals surface area contributed by atoms with Crippen molar-refractivity contribution in [2.45, 2.75) is 57.6 Å². The number of halogens is 3. The van der Waals surface area contributed by atoms with Gasteiger partial charge in [0.05, 0.1) is 11.8 Å². The van der Waals surface area contributed by atoms with Crippen LogP contribution in [0.3, 0.4) is 0 Å². The monoisotopic (exact) mass is 453 g/mol. The van der Waals surface area contributed by atoms with Gasteiger partial charge >= 0.3 is 6.18 Å². The summed E-state index contributed by atoms with van der Waals surface area (Å²) in [7, 11) is 3.34. The average molecular weight is 453 g/mol. The maximum Gasteiger partial charge on any atom is 0.433 e. The topological polar surface area (TPSA) is 97.2 Å². The van der Waals surface area contributed by atoms with E-state index in [2.05, 4.69) is 25.7 Å². The number of carbonyl (C=O) groups is 1. The highest BCUT2D eigenvalue weighted by Crippen LogP contribution is 2.36. The van der Waals surface area contributed by atoms with Crippen molar-refractivity contribution < 1.29 is 22.7 Å². The zero-order valence-electron chi connectivity index (χ0n) is 18.3. The van der Waals surface area contributed by atoms with Gasteiger partial charge in [0.25, 0.3) is 0 Å². The number of hydrogen-bond donors (Lipinski definition) is 2. The average Bonchev–Trinajstić information content (AvgIpc) is 3.16. The highest BCUT2D eigenvalue weighted by atomic mass is 19.4. The molecule has 2 aromatic rings. The number of carbonyl (C=O) groups excluding carboxylic acids is 1. The number of methoxy groups -OCH3 is 1. The van der Waals surface area contributed by atoms with Gasteiger partial charge < -0.3 is 20.3 Å². The number of ether oxygens (including phenoxy) is 1. The van der Waals surface area contributed by atoms with E-state index in [9.17, 15) is 18.0 Å². The van der Waals surface area contributed by atoms with Crippen LogP contribution in [-0.2, 0) is 22.3 Å². The molecule has 1 aliphatic carbocycles. The SMILES string of the molecule is CO[C@H](C)[C@H]1C(=O)Nc2c(C)nc(NC3CC(Cn4nccc4C(F)(F)F)C3)nc2N1C. The summed E-state index contributed by atoms with van der Waals surface area (Å²) in [4.78, 5) is 23.3. The molecule has 174 valence electrons. The minimum atomic E-state index is -4.41. The van der Waals surface area contributed by atoms with Crippen LogP contribution in [0.5, 0.6) is 0 Å². The van der Waals surface area contributed by atoms with Gasteiger partial charge in [-0.2, -0.15) is 23.3 Å². The van der Waals surface area contributed by atoms with Gasteiger partial charge in [-0.25, -0.2) is 4.98 Å². The second kappa shape index (κ2) is 8.23. The van der Waals surface area contributed by atoms with Gasteiger partial charge in [0.1, 0.15) is 17.4 Å². The lowest BCUT2D eigenvalue weighted by molar-refractivity contribution is -0.144. The molecule has 1 amide bonds. The molecule has 1 fully saturated rings. The van der Waals surface area contributed by atoms with E-state index < -0.39 is 17.9 Å². The fraction of sp³-hybridized carbons (Fsp3) is 0.600. The number of amides is 1. The molecule has 0 spiro atoms. The first kappa shape index (κ1) is 22.3. The second-order valence-electron chi connectivity index (χ2n) is 8.39. The first-order valence-corrected chi connectivity index (χ1v) is 10.4. The minimum Gasteiger partial charge on any atom is -0.379 e. The summed E-state index contributed by atoms with van der Waals surface area (Å²) >= 11 is 0. The van der Waals surface area contributed by atoms with Crippen molar-refractivity contribution in [3.63, 3.8) is 0 Å². The summed E-state index contributed by atoms with van der Waals surface area (Å²) in [6.45, 7) is 3.83. The number of nitrogens with zero attached hydrogens (tertiary/aromatic N) is 5. The Hall–Kier alpha value is -2.89. The summed E-state index contributed by atoms with van der Waals surface area (Å²) in [5.74, 6) is 0.920. The number of hydrogen-bond acceptors (Lipinski definition) is 7. The lowest BCUT2D eigenvalue weighted by atomic mass is 9.80. The maximum atomic E-state index is 13.0. The van der Waals surface area contributed by atoms with E-state index in [-0.39, 0.29) is 30.5 Å². The Morgan fingerprint density at radius 3 is 2.72 bits per heavy atom. The van der Waals surface area contributed by atoms with Crippen molar-refractivity contribution in [2.24, 2.45) is 5.92 Å². The number of rotatable bonds is 6. The van der Waals surface area contributed by atoms with Gasteiger partial charge in [0.2, 0.25) is 11.9 Å². The molecule has 2 aliphatic rings. The molecule has 0 saturated heterocycles. The number of anilines is 3. The van der Waals surface area contributed by atoms with Crippen LogP contribution in [0.25, 0.3) is 0 Å². The third kappa shape index (κ3) is 4.10. The highest BCUT2D eigenvalue weighted by molar-refractivity contribution is 6.03.